The van der Waals surface area contributed by atoms with E-state index in [2.05, 4.69) is 5.73 Å². The molecule has 0 amide bonds. The van der Waals surface area contributed by atoms with Gasteiger partial charge in [-0.15, -0.1) is 5.73 Å². The molecule has 0 heteroatoms. The third kappa shape index (κ3) is 0.285. The van der Waals surface area contributed by atoms with Gasteiger partial charge >= 0.3 is 0 Å². The molecule has 0 saturated carbocycles. The van der Waals surface area contributed by atoms with Gasteiger partial charge in [-0.3, -0.25) is 0 Å². The van der Waals surface area contributed by atoms with E-state index in [0.717, 1.165) is 0 Å². The van der Waals surface area contributed by atoms with E-state index in [1.165, 1.54) is 0 Å². The normalized spacial score (nSPS) is 14.4. The fourth-order valence-corrected chi connectivity index (χ4v) is 0.278. The van der Waals surface area contributed by atoms with Crippen molar-refractivity contribution in [2.24, 2.45) is 0 Å². The molecule has 1 aliphatic rings. The lowest BCUT2D eigenvalue weighted by Gasteiger charge is -1.46. The van der Waals surface area contributed by atoms with Crippen molar-refractivity contribution < 1.29 is 0 Å². The van der Waals surface area contributed by atoms with E-state index < -0.39 is 0 Å². The SMILES string of the molecule is C1=CC=CC=1. The summed E-state index contributed by atoms with van der Waals surface area (Å²) >= 11 is 0. The molecule has 5 heavy (non-hydrogen) atoms. The molecule has 0 radical (unpaired) electrons. The quantitative estimate of drug-likeness (QED) is 0.372. The molecule has 0 atom stereocenters. The van der Waals surface area contributed by atoms with Gasteiger partial charge in [-0.05, 0) is 12.2 Å². The Hall–Kier alpha value is -0.740. The molecule has 0 aromatic carbocycles. The van der Waals surface area contributed by atoms with Crippen molar-refractivity contribution in [1.82, 2.24) is 0 Å². The minimum Gasteiger partial charge on any atom is -0.121 e. The van der Waals surface area contributed by atoms with Crippen LogP contribution < -0.4 is 0 Å². The average Bonchev–Trinajstić information content (AvgIpc) is 1.76. The van der Waals surface area contributed by atoms with Crippen LogP contribution in [0.4, 0.5) is 0 Å². The molecule has 1 aliphatic carbocycles. The first kappa shape index (κ1) is 2.49. The zero-order valence-corrected chi connectivity index (χ0v) is 2.81. The summed E-state index contributed by atoms with van der Waals surface area (Å²) < 4.78 is 0. The van der Waals surface area contributed by atoms with Gasteiger partial charge in [0, 0.05) is 0 Å². The van der Waals surface area contributed by atoms with Crippen LogP contribution in [-0.2, 0) is 0 Å². The van der Waals surface area contributed by atoms with Gasteiger partial charge in [0.25, 0.3) is 0 Å². The monoisotopic (exact) mass is 64.0 g/mol. The van der Waals surface area contributed by atoms with Gasteiger partial charge in [0.05, 0.1) is 0 Å². The Bertz CT molecular complexity index is 91.2. The van der Waals surface area contributed by atoms with Gasteiger partial charge in [0.2, 0.25) is 0 Å². The second-order valence-corrected chi connectivity index (χ2v) is 0.885. The summed E-state index contributed by atoms with van der Waals surface area (Å²) in [6.07, 6.45) is 7.64. The Morgan fingerprint density at radius 3 is 1.80 bits per heavy atom. The van der Waals surface area contributed by atoms with Gasteiger partial charge in [-0.1, -0.05) is 12.2 Å². The highest BCUT2D eigenvalue weighted by molar-refractivity contribution is 5.17. The van der Waals surface area contributed by atoms with Crippen molar-refractivity contribution in [3.63, 3.8) is 0 Å². The van der Waals surface area contributed by atoms with E-state index in [9.17, 15) is 0 Å². The topological polar surface area (TPSA) is 0 Å². The lowest BCUT2D eigenvalue weighted by atomic mass is 10.6. The standard InChI is InChI=1S/C5H4/c1-2-4-5-3-1/h1-4H. The summed E-state index contributed by atoms with van der Waals surface area (Å²) in [5, 5.41) is 0. The van der Waals surface area contributed by atoms with Crippen LogP contribution in [-0.4, -0.2) is 0 Å². The van der Waals surface area contributed by atoms with Crippen molar-refractivity contribution in [3.05, 3.63) is 30.0 Å². The molecule has 0 heterocycles. The Morgan fingerprint density at radius 1 is 1.00 bits per heavy atom. The number of hydrogen-bond acceptors (Lipinski definition) is 0. The summed E-state index contributed by atoms with van der Waals surface area (Å²) in [5.74, 6) is 0. The zero-order valence-electron chi connectivity index (χ0n) is 2.81. The van der Waals surface area contributed by atoms with Crippen molar-refractivity contribution in [3.8, 4) is 0 Å². The third-order valence-corrected chi connectivity index (χ3v) is 0.496. The summed E-state index contributed by atoms with van der Waals surface area (Å²) in [6.45, 7) is 0. The summed E-state index contributed by atoms with van der Waals surface area (Å²) in [4.78, 5) is 0. The van der Waals surface area contributed by atoms with Gasteiger partial charge in [0.1, 0.15) is 0 Å². The first-order valence-corrected chi connectivity index (χ1v) is 1.58. The average molecular weight is 64.1 g/mol. The van der Waals surface area contributed by atoms with Crippen LogP contribution in [0.3, 0.4) is 0 Å². The van der Waals surface area contributed by atoms with Crippen LogP contribution in [0.15, 0.2) is 30.0 Å². The zero-order chi connectivity index (χ0) is 3.54. The predicted molar refractivity (Wildman–Crippen MR) is 21.8 cm³/mol. The molecule has 1 rings (SSSR count). The summed E-state index contributed by atoms with van der Waals surface area (Å²) in [6, 6.07) is 0. The van der Waals surface area contributed by atoms with Crippen LogP contribution in [0.2, 0.25) is 0 Å². The maximum atomic E-state index is 2.86. The molecular formula is C5H4. The van der Waals surface area contributed by atoms with Crippen molar-refractivity contribution >= 4 is 0 Å². The molecule has 0 aromatic rings. The molecule has 0 aliphatic heterocycles. The lowest BCUT2D eigenvalue weighted by Crippen LogP contribution is -1.26. The van der Waals surface area contributed by atoms with Crippen molar-refractivity contribution in [2.45, 2.75) is 0 Å². The van der Waals surface area contributed by atoms with Gasteiger partial charge in [-0.2, -0.15) is 0 Å². The first-order valence-electron chi connectivity index (χ1n) is 1.58. The van der Waals surface area contributed by atoms with Gasteiger partial charge < -0.3 is 0 Å². The molecular weight excluding hydrogens is 60.1 g/mol. The van der Waals surface area contributed by atoms with E-state index in [-0.39, 0.29) is 0 Å². The van der Waals surface area contributed by atoms with Crippen LogP contribution in [0.25, 0.3) is 0 Å². The fourth-order valence-electron chi connectivity index (χ4n) is 0.278. The Morgan fingerprint density at radius 2 is 1.60 bits per heavy atom. The van der Waals surface area contributed by atoms with Crippen molar-refractivity contribution in [2.75, 3.05) is 0 Å². The predicted octanol–water partition coefficient (Wildman–Crippen LogP) is 1.27. The third-order valence-electron chi connectivity index (χ3n) is 0.496. The van der Waals surface area contributed by atoms with E-state index in [1.54, 1.807) is 0 Å². The minimum atomic E-state index is 1.88. The van der Waals surface area contributed by atoms with Crippen LogP contribution in [0, 0.1) is 0 Å². The van der Waals surface area contributed by atoms with Crippen LogP contribution in [0.5, 0.6) is 0 Å². The highest BCUT2D eigenvalue weighted by atomic mass is 13.7. The molecule has 0 N–H and O–H groups in total. The second-order valence-electron chi connectivity index (χ2n) is 0.885. The summed E-state index contributed by atoms with van der Waals surface area (Å²) in [7, 11) is 0. The maximum Gasteiger partial charge on any atom is -0.0200 e. The van der Waals surface area contributed by atoms with E-state index in [1.807, 2.05) is 24.3 Å². The Balaban J connectivity index is 2.98. The second kappa shape index (κ2) is 0.918. The molecule has 0 saturated heterocycles. The smallest absolute Gasteiger partial charge is 0.0200 e. The number of allylic oxidation sites excluding steroid dienone is 3. The lowest BCUT2D eigenvalue weighted by molar-refractivity contribution is 2.10. The first-order chi connectivity index (χ1) is 2.50. The number of hydrogen-bond donors (Lipinski definition) is 0. The van der Waals surface area contributed by atoms with Crippen molar-refractivity contribution in [1.29, 1.82) is 0 Å². The molecule has 0 spiro atoms. The molecule has 0 nitrogen and oxygen atoms in total. The van der Waals surface area contributed by atoms with E-state index in [0.29, 0.717) is 0 Å². The highest BCUT2D eigenvalue weighted by Gasteiger charge is 1.61. The van der Waals surface area contributed by atoms with Crippen LogP contribution in [0.1, 0.15) is 0 Å². The largest absolute Gasteiger partial charge is 0.121 e. The Labute approximate surface area is 31.1 Å². The van der Waals surface area contributed by atoms with Gasteiger partial charge in [0.15, 0.2) is 0 Å². The maximum absolute atomic E-state index is 2.86. The Kier molecular flexibility index (Phi) is 0.458. The molecule has 24 valence electrons. The molecule has 0 unspecified atom stereocenters. The van der Waals surface area contributed by atoms with Crippen LogP contribution >= 0.6 is 0 Å². The fraction of sp³-hybridized carbons (Fsp3) is 0. The molecule has 0 aromatic heterocycles. The van der Waals surface area contributed by atoms with Gasteiger partial charge in [-0.25, -0.2) is 0 Å². The van der Waals surface area contributed by atoms with E-state index >= 15 is 0 Å². The summed E-state index contributed by atoms with van der Waals surface area (Å²) in [5.41, 5.74) is 2.86. The number of rotatable bonds is 0. The highest BCUT2D eigenvalue weighted by Crippen LogP contribution is 1.81. The van der Waals surface area contributed by atoms with E-state index in [4.69, 9.17) is 0 Å². The molecule has 0 bridgehead atoms. The molecule has 0 fully saturated rings. The minimum absolute atomic E-state index is 1.88.